The van der Waals surface area contributed by atoms with Gasteiger partial charge in [-0.25, -0.2) is 0 Å². The number of ether oxygens (including phenoxy) is 1. The van der Waals surface area contributed by atoms with Crippen LogP contribution in [-0.2, 0) is 14.3 Å². The molecule has 160 valence electrons. The molecule has 2 aromatic rings. The van der Waals surface area contributed by atoms with Crippen molar-refractivity contribution in [2.24, 2.45) is 5.92 Å². The van der Waals surface area contributed by atoms with Gasteiger partial charge in [0.2, 0.25) is 5.91 Å². The summed E-state index contributed by atoms with van der Waals surface area (Å²) in [5.41, 5.74) is 1.33. The van der Waals surface area contributed by atoms with Crippen LogP contribution in [0.2, 0.25) is 0 Å². The molecule has 0 unspecified atom stereocenters. The SMILES string of the molecule is CC(C)CC(=O)Nc1ccc(C(=O)COC(=O)CN2C(=O)c3ccccc3C2=O)cc1. The van der Waals surface area contributed by atoms with Gasteiger partial charge in [0.1, 0.15) is 6.54 Å². The molecule has 0 saturated heterocycles. The highest BCUT2D eigenvalue weighted by atomic mass is 16.5. The maximum Gasteiger partial charge on any atom is 0.326 e. The first-order valence-corrected chi connectivity index (χ1v) is 9.80. The van der Waals surface area contributed by atoms with Crippen LogP contribution in [0, 0.1) is 5.92 Å². The lowest BCUT2D eigenvalue weighted by Gasteiger charge is -2.13. The molecule has 0 fully saturated rings. The van der Waals surface area contributed by atoms with Crippen LogP contribution in [-0.4, -0.2) is 47.5 Å². The Kier molecular flexibility index (Phi) is 6.59. The number of hydrogen-bond acceptors (Lipinski definition) is 6. The number of amides is 3. The van der Waals surface area contributed by atoms with Crippen molar-refractivity contribution < 1.29 is 28.7 Å². The molecule has 0 aromatic heterocycles. The number of carbonyl (C=O) groups excluding carboxylic acids is 5. The van der Waals surface area contributed by atoms with Crippen molar-refractivity contribution in [1.82, 2.24) is 4.90 Å². The van der Waals surface area contributed by atoms with Gasteiger partial charge in [-0.1, -0.05) is 26.0 Å². The zero-order chi connectivity index (χ0) is 22.5. The van der Waals surface area contributed by atoms with E-state index < -0.39 is 36.7 Å². The Morgan fingerprint density at radius 2 is 1.52 bits per heavy atom. The predicted molar refractivity (Wildman–Crippen MR) is 112 cm³/mol. The lowest BCUT2D eigenvalue weighted by molar-refractivity contribution is -0.142. The summed E-state index contributed by atoms with van der Waals surface area (Å²) in [7, 11) is 0. The van der Waals surface area contributed by atoms with E-state index >= 15 is 0 Å². The molecule has 2 aromatic carbocycles. The fraction of sp³-hybridized carbons (Fsp3) is 0.261. The van der Waals surface area contributed by atoms with Crippen molar-refractivity contribution in [2.75, 3.05) is 18.5 Å². The number of carbonyl (C=O) groups is 5. The number of ketones is 1. The summed E-state index contributed by atoms with van der Waals surface area (Å²) >= 11 is 0. The van der Waals surface area contributed by atoms with Crippen molar-refractivity contribution in [1.29, 1.82) is 0 Å². The first-order valence-electron chi connectivity index (χ1n) is 9.80. The maximum atomic E-state index is 12.3. The monoisotopic (exact) mass is 422 g/mol. The lowest BCUT2D eigenvalue weighted by atomic mass is 10.1. The minimum atomic E-state index is -0.861. The van der Waals surface area contributed by atoms with Crippen molar-refractivity contribution >= 4 is 35.2 Å². The molecule has 0 spiro atoms. The Hall–Kier alpha value is -3.81. The molecule has 0 atom stereocenters. The molecule has 0 aliphatic carbocycles. The van der Waals surface area contributed by atoms with Crippen LogP contribution in [0.4, 0.5) is 5.69 Å². The molecule has 8 nitrogen and oxygen atoms in total. The van der Waals surface area contributed by atoms with E-state index in [-0.39, 0.29) is 23.0 Å². The Labute approximate surface area is 179 Å². The summed E-state index contributed by atoms with van der Waals surface area (Å²) in [5, 5.41) is 2.74. The second-order valence-electron chi connectivity index (χ2n) is 7.55. The van der Waals surface area contributed by atoms with Crippen molar-refractivity contribution in [2.45, 2.75) is 20.3 Å². The quantitative estimate of drug-likeness (QED) is 0.398. The molecule has 31 heavy (non-hydrogen) atoms. The highest BCUT2D eigenvalue weighted by Gasteiger charge is 2.36. The Morgan fingerprint density at radius 1 is 0.935 bits per heavy atom. The summed E-state index contributed by atoms with van der Waals surface area (Å²) in [5.74, 6) is -2.33. The van der Waals surface area contributed by atoms with E-state index in [4.69, 9.17) is 4.74 Å². The zero-order valence-corrected chi connectivity index (χ0v) is 17.2. The van der Waals surface area contributed by atoms with Gasteiger partial charge < -0.3 is 10.1 Å². The van der Waals surface area contributed by atoms with E-state index in [1.54, 1.807) is 24.3 Å². The average molecular weight is 422 g/mol. The number of anilines is 1. The van der Waals surface area contributed by atoms with Crippen LogP contribution >= 0.6 is 0 Å². The normalized spacial score (nSPS) is 12.7. The van der Waals surface area contributed by atoms with Crippen LogP contribution in [0.5, 0.6) is 0 Å². The number of nitrogens with zero attached hydrogens (tertiary/aromatic N) is 1. The van der Waals surface area contributed by atoms with Crippen LogP contribution in [0.25, 0.3) is 0 Å². The smallest absolute Gasteiger partial charge is 0.326 e. The van der Waals surface area contributed by atoms with Crippen molar-refractivity contribution in [3.8, 4) is 0 Å². The maximum absolute atomic E-state index is 12.3. The van der Waals surface area contributed by atoms with Crippen LogP contribution in [0.3, 0.4) is 0 Å². The van der Waals surface area contributed by atoms with E-state index in [0.29, 0.717) is 17.7 Å². The van der Waals surface area contributed by atoms with Gasteiger partial charge in [-0.15, -0.1) is 0 Å². The molecule has 8 heteroatoms. The van der Waals surface area contributed by atoms with Gasteiger partial charge in [-0.3, -0.25) is 28.9 Å². The first kappa shape index (κ1) is 21.9. The molecule has 1 aliphatic rings. The highest BCUT2D eigenvalue weighted by molar-refractivity contribution is 6.22. The molecule has 0 bridgehead atoms. The number of hydrogen-bond donors (Lipinski definition) is 1. The van der Waals surface area contributed by atoms with Gasteiger partial charge in [-0.2, -0.15) is 0 Å². The zero-order valence-electron chi connectivity index (χ0n) is 17.2. The van der Waals surface area contributed by atoms with Gasteiger partial charge in [0.15, 0.2) is 12.4 Å². The summed E-state index contributed by atoms with van der Waals surface area (Å²) in [6.45, 7) is 2.79. The predicted octanol–water partition coefficient (Wildman–Crippen LogP) is 2.69. The van der Waals surface area contributed by atoms with Crippen molar-refractivity contribution in [3.63, 3.8) is 0 Å². The Morgan fingerprint density at radius 3 is 2.06 bits per heavy atom. The number of Topliss-reactive ketones (excluding diaryl/α,β-unsaturated/α-hetero) is 1. The molecule has 1 N–H and O–H groups in total. The number of esters is 1. The molecule has 0 radical (unpaired) electrons. The largest absolute Gasteiger partial charge is 0.456 e. The van der Waals surface area contributed by atoms with Gasteiger partial charge in [0.05, 0.1) is 11.1 Å². The molecule has 1 heterocycles. The average Bonchev–Trinajstić information content (AvgIpc) is 2.97. The third-order valence-corrected chi connectivity index (χ3v) is 4.61. The van der Waals surface area contributed by atoms with Crippen LogP contribution < -0.4 is 5.32 Å². The Bertz CT molecular complexity index is 1010. The molecule has 3 amide bonds. The van der Waals surface area contributed by atoms with Crippen LogP contribution in [0.1, 0.15) is 51.3 Å². The van der Waals surface area contributed by atoms with Gasteiger partial charge in [0.25, 0.3) is 11.8 Å². The molecule has 3 rings (SSSR count). The summed E-state index contributed by atoms with van der Waals surface area (Å²) in [6.07, 6.45) is 0.393. The van der Waals surface area contributed by atoms with E-state index in [1.165, 1.54) is 24.3 Å². The fourth-order valence-corrected chi connectivity index (χ4v) is 3.11. The number of nitrogens with one attached hydrogen (secondary N) is 1. The second kappa shape index (κ2) is 9.34. The minimum Gasteiger partial charge on any atom is -0.456 e. The number of fused-ring (bicyclic) bond motifs is 1. The van der Waals surface area contributed by atoms with E-state index in [2.05, 4.69) is 5.32 Å². The summed E-state index contributed by atoms with van der Waals surface area (Å²) in [6, 6.07) is 12.5. The van der Waals surface area contributed by atoms with E-state index in [0.717, 1.165) is 4.90 Å². The molecule has 0 saturated carbocycles. The lowest BCUT2D eigenvalue weighted by Crippen LogP contribution is -2.36. The summed E-state index contributed by atoms with van der Waals surface area (Å²) in [4.78, 5) is 61.5. The highest BCUT2D eigenvalue weighted by Crippen LogP contribution is 2.22. The molecular weight excluding hydrogens is 400 g/mol. The third-order valence-electron chi connectivity index (χ3n) is 4.61. The van der Waals surface area contributed by atoms with Gasteiger partial charge in [-0.05, 0) is 42.3 Å². The number of imide groups is 1. The van der Waals surface area contributed by atoms with Gasteiger partial charge in [0, 0.05) is 17.7 Å². The molecule has 1 aliphatic heterocycles. The first-order chi connectivity index (χ1) is 14.8. The topological polar surface area (TPSA) is 110 Å². The van der Waals surface area contributed by atoms with Gasteiger partial charge >= 0.3 is 5.97 Å². The van der Waals surface area contributed by atoms with E-state index in [1.807, 2.05) is 13.8 Å². The van der Waals surface area contributed by atoms with Crippen LogP contribution in [0.15, 0.2) is 48.5 Å². The van der Waals surface area contributed by atoms with E-state index in [9.17, 15) is 24.0 Å². The minimum absolute atomic E-state index is 0.115. The third kappa shape index (κ3) is 5.22. The molecular formula is C23H22N2O6. The standard InChI is InChI=1S/C23H22N2O6/c1-14(2)11-20(27)24-16-9-7-15(8-10-16)19(26)13-31-21(28)12-25-22(29)17-5-3-4-6-18(17)23(25)30/h3-10,14H,11-13H2,1-2H3,(H,24,27). The van der Waals surface area contributed by atoms with Crippen molar-refractivity contribution in [3.05, 3.63) is 65.2 Å². The second-order valence-corrected chi connectivity index (χ2v) is 7.55. The summed E-state index contributed by atoms with van der Waals surface area (Å²) < 4.78 is 4.95. The Balaban J connectivity index is 1.51. The number of benzene rings is 2. The number of rotatable bonds is 8. The fourth-order valence-electron chi connectivity index (χ4n) is 3.11.